The van der Waals surface area contributed by atoms with Crippen LogP contribution >= 0.6 is 0 Å². The molecule has 0 saturated carbocycles. The van der Waals surface area contributed by atoms with Gasteiger partial charge in [0.15, 0.2) is 11.5 Å². The van der Waals surface area contributed by atoms with E-state index in [9.17, 15) is 4.79 Å². The van der Waals surface area contributed by atoms with Crippen LogP contribution in [0, 0.1) is 6.92 Å². The molecule has 0 spiro atoms. The van der Waals surface area contributed by atoms with Gasteiger partial charge in [-0.1, -0.05) is 10.4 Å². The first-order valence-corrected chi connectivity index (χ1v) is 4.07. The minimum Gasteiger partial charge on any atom is -0.476 e. The zero-order chi connectivity index (χ0) is 10.8. The van der Waals surface area contributed by atoms with Crippen LogP contribution in [-0.4, -0.2) is 36.2 Å². The Morgan fingerprint density at radius 1 is 1.67 bits per heavy atom. The third-order valence-corrected chi connectivity index (χ3v) is 1.88. The number of aromatic nitrogens is 5. The van der Waals surface area contributed by atoms with Crippen LogP contribution < -0.4 is 0 Å². The van der Waals surface area contributed by atoms with E-state index >= 15 is 0 Å². The zero-order valence-corrected chi connectivity index (χ0v) is 7.78. The summed E-state index contributed by atoms with van der Waals surface area (Å²) in [5.74, 6) is -0.688. The molecule has 2 rings (SSSR count). The Hall–Kier alpha value is -2.25. The smallest absolute Gasteiger partial charge is 0.358 e. The van der Waals surface area contributed by atoms with E-state index < -0.39 is 5.97 Å². The van der Waals surface area contributed by atoms with Crippen molar-refractivity contribution in [2.75, 3.05) is 0 Å². The molecule has 8 heteroatoms. The Morgan fingerprint density at radius 3 is 3.00 bits per heavy atom. The molecule has 0 unspecified atom stereocenters. The van der Waals surface area contributed by atoms with Crippen molar-refractivity contribution in [3.05, 3.63) is 23.6 Å². The molecule has 0 aromatic carbocycles. The summed E-state index contributed by atoms with van der Waals surface area (Å²) in [6.07, 6.45) is 1.19. The SMILES string of the molecule is Cc1c(C(=O)O)nnn1Cc1ncon1. The van der Waals surface area contributed by atoms with Crippen molar-refractivity contribution < 1.29 is 14.4 Å². The van der Waals surface area contributed by atoms with E-state index in [4.69, 9.17) is 5.11 Å². The van der Waals surface area contributed by atoms with E-state index in [0.717, 1.165) is 0 Å². The van der Waals surface area contributed by atoms with Gasteiger partial charge in [-0.15, -0.1) is 5.10 Å². The number of nitrogens with zero attached hydrogens (tertiary/aromatic N) is 5. The lowest BCUT2D eigenvalue weighted by Gasteiger charge is -1.97. The van der Waals surface area contributed by atoms with Crippen molar-refractivity contribution in [2.24, 2.45) is 0 Å². The summed E-state index contributed by atoms with van der Waals surface area (Å²) in [7, 11) is 0. The van der Waals surface area contributed by atoms with Gasteiger partial charge >= 0.3 is 5.97 Å². The average Bonchev–Trinajstić information content (AvgIpc) is 2.78. The molecule has 0 bridgehead atoms. The molecule has 0 aliphatic heterocycles. The van der Waals surface area contributed by atoms with Crippen LogP contribution in [-0.2, 0) is 6.54 Å². The molecule has 0 radical (unpaired) electrons. The number of aromatic carboxylic acids is 1. The molecule has 78 valence electrons. The molecule has 15 heavy (non-hydrogen) atoms. The predicted octanol–water partition coefficient (Wildman–Crippen LogP) is -0.284. The quantitative estimate of drug-likeness (QED) is 0.740. The van der Waals surface area contributed by atoms with Gasteiger partial charge in [0.05, 0.1) is 5.69 Å². The third-order valence-electron chi connectivity index (χ3n) is 1.88. The molecule has 1 N–H and O–H groups in total. The second-order valence-electron chi connectivity index (χ2n) is 2.83. The molecular weight excluding hydrogens is 202 g/mol. The Balaban J connectivity index is 2.27. The summed E-state index contributed by atoms with van der Waals surface area (Å²) in [4.78, 5) is 14.5. The largest absolute Gasteiger partial charge is 0.476 e. The number of rotatable bonds is 3. The molecular formula is C7H7N5O3. The molecule has 2 aromatic heterocycles. The van der Waals surface area contributed by atoms with Gasteiger partial charge in [-0.05, 0) is 6.92 Å². The highest BCUT2D eigenvalue weighted by molar-refractivity contribution is 5.86. The Morgan fingerprint density at radius 2 is 2.47 bits per heavy atom. The second-order valence-corrected chi connectivity index (χ2v) is 2.83. The summed E-state index contributed by atoms with van der Waals surface area (Å²) in [6.45, 7) is 1.85. The monoisotopic (exact) mass is 209 g/mol. The highest BCUT2D eigenvalue weighted by Crippen LogP contribution is 2.04. The Kier molecular flexibility index (Phi) is 2.16. The van der Waals surface area contributed by atoms with Crippen LogP contribution in [0.4, 0.5) is 0 Å². The van der Waals surface area contributed by atoms with Gasteiger partial charge in [0.25, 0.3) is 0 Å². The van der Waals surface area contributed by atoms with Crippen molar-refractivity contribution in [1.29, 1.82) is 0 Å². The number of carboxylic acids is 1. The van der Waals surface area contributed by atoms with Gasteiger partial charge in [-0.25, -0.2) is 9.48 Å². The fraction of sp³-hybridized carbons (Fsp3) is 0.286. The maximum atomic E-state index is 10.7. The first-order chi connectivity index (χ1) is 7.18. The standard InChI is InChI=1S/C7H7N5O3/c1-4-6(7(13)14)9-11-12(4)2-5-8-3-15-10-5/h3H,2H2,1H3,(H,13,14). The molecule has 0 atom stereocenters. The van der Waals surface area contributed by atoms with E-state index in [0.29, 0.717) is 11.5 Å². The van der Waals surface area contributed by atoms with Gasteiger partial charge in [-0.2, -0.15) is 4.98 Å². The van der Waals surface area contributed by atoms with Crippen LogP contribution in [0.15, 0.2) is 10.9 Å². The van der Waals surface area contributed by atoms with Gasteiger partial charge in [0.1, 0.15) is 6.54 Å². The predicted molar refractivity (Wildman–Crippen MR) is 45.1 cm³/mol. The second kappa shape index (κ2) is 3.48. The minimum atomic E-state index is -1.10. The minimum absolute atomic E-state index is 0.0708. The molecule has 0 aliphatic carbocycles. The summed E-state index contributed by atoms with van der Waals surface area (Å²) < 4.78 is 5.94. The molecule has 2 aromatic rings. The van der Waals surface area contributed by atoms with Crippen molar-refractivity contribution in [2.45, 2.75) is 13.5 Å². The van der Waals surface area contributed by atoms with Crippen LogP contribution in [0.5, 0.6) is 0 Å². The maximum absolute atomic E-state index is 10.7. The molecule has 0 aliphatic rings. The van der Waals surface area contributed by atoms with Crippen molar-refractivity contribution in [3.8, 4) is 0 Å². The van der Waals surface area contributed by atoms with E-state index in [2.05, 4.69) is 25.0 Å². The van der Waals surface area contributed by atoms with E-state index in [1.807, 2.05) is 0 Å². The molecule has 2 heterocycles. The van der Waals surface area contributed by atoms with Gasteiger partial charge in [-0.3, -0.25) is 0 Å². The highest BCUT2D eigenvalue weighted by Gasteiger charge is 2.15. The van der Waals surface area contributed by atoms with E-state index in [1.54, 1.807) is 6.92 Å². The van der Waals surface area contributed by atoms with Crippen molar-refractivity contribution in [3.63, 3.8) is 0 Å². The summed E-state index contributed by atoms with van der Waals surface area (Å²) in [5.41, 5.74) is 0.380. The molecule has 0 amide bonds. The maximum Gasteiger partial charge on any atom is 0.358 e. The Bertz CT molecular complexity index is 475. The van der Waals surface area contributed by atoms with E-state index in [-0.39, 0.29) is 12.2 Å². The van der Waals surface area contributed by atoms with Gasteiger partial charge < -0.3 is 9.63 Å². The fourth-order valence-electron chi connectivity index (χ4n) is 1.10. The fourth-order valence-corrected chi connectivity index (χ4v) is 1.10. The van der Waals surface area contributed by atoms with Crippen LogP contribution in [0.2, 0.25) is 0 Å². The highest BCUT2D eigenvalue weighted by atomic mass is 16.5. The van der Waals surface area contributed by atoms with E-state index in [1.165, 1.54) is 11.1 Å². The zero-order valence-electron chi connectivity index (χ0n) is 7.78. The van der Waals surface area contributed by atoms with Crippen LogP contribution in [0.25, 0.3) is 0 Å². The lowest BCUT2D eigenvalue weighted by molar-refractivity contribution is 0.0689. The summed E-state index contributed by atoms with van der Waals surface area (Å²) in [6, 6.07) is 0. The third kappa shape index (κ3) is 1.68. The Labute approximate surface area is 83.5 Å². The first kappa shape index (κ1) is 9.31. The normalized spacial score (nSPS) is 10.5. The summed E-state index contributed by atoms with van der Waals surface area (Å²) in [5, 5.41) is 19.5. The first-order valence-electron chi connectivity index (χ1n) is 4.07. The number of carbonyl (C=O) groups is 1. The molecule has 8 nitrogen and oxygen atoms in total. The number of hydrogen-bond acceptors (Lipinski definition) is 6. The lowest BCUT2D eigenvalue weighted by atomic mass is 10.3. The molecule has 0 fully saturated rings. The average molecular weight is 209 g/mol. The van der Waals surface area contributed by atoms with Crippen LogP contribution in [0.1, 0.15) is 22.0 Å². The lowest BCUT2D eigenvalue weighted by Crippen LogP contribution is -2.06. The van der Waals surface area contributed by atoms with Crippen molar-refractivity contribution >= 4 is 5.97 Å². The number of carboxylic acid groups (broad SMARTS) is 1. The number of hydrogen-bond donors (Lipinski definition) is 1. The van der Waals surface area contributed by atoms with Gasteiger partial charge in [0.2, 0.25) is 6.39 Å². The molecule has 0 saturated heterocycles. The van der Waals surface area contributed by atoms with Crippen LogP contribution in [0.3, 0.4) is 0 Å². The van der Waals surface area contributed by atoms with Crippen molar-refractivity contribution in [1.82, 2.24) is 25.1 Å². The topological polar surface area (TPSA) is 107 Å². The summed E-state index contributed by atoms with van der Waals surface area (Å²) >= 11 is 0. The van der Waals surface area contributed by atoms with Gasteiger partial charge in [0, 0.05) is 0 Å².